The molecular weight excluding hydrogens is 470 g/mol. The van der Waals surface area contributed by atoms with Crippen LogP contribution in [-0.2, 0) is 14.8 Å². The Morgan fingerprint density at radius 1 is 1.07 bits per heavy atom. The van der Waals surface area contributed by atoms with Gasteiger partial charge < -0.3 is 10.1 Å². The number of carbonyl (C=O) groups is 1. The van der Waals surface area contributed by atoms with Crippen molar-refractivity contribution in [2.45, 2.75) is 18.7 Å². The van der Waals surface area contributed by atoms with E-state index in [-0.39, 0.29) is 23.2 Å². The zero-order valence-electron chi connectivity index (χ0n) is 16.3. The van der Waals surface area contributed by atoms with Crippen LogP contribution in [-0.4, -0.2) is 25.9 Å². The maximum absolute atomic E-state index is 12.4. The molecule has 3 rings (SSSR count). The van der Waals surface area contributed by atoms with Gasteiger partial charge in [0.1, 0.15) is 11.6 Å². The summed E-state index contributed by atoms with van der Waals surface area (Å²) in [6, 6.07) is 14.5. The van der Waals surface area contributed by atoms with Crippen LogP contribution < -0.4 is 14.8 Å². The summed E-state index contributed by atoms with van der Waals surface area (Å²) in [5.41, 5.74) is 2.49. The molecule has 156 valence electrons. The monoisotopic (exact) mass is 489 g/mol. The summed E-state index contributed by atoms with van der Waals surface area (Å²) in [4.78, 5) is 16.2. The molecule has 0 saturated heterocycles. The molecule has 0 aliphatic rings. The van der Waals surface area contributed by atoms with Crippen molar-refractivity contribution in [3.05, 3.63) is 76.4 Å². The Balaban J connectivity index is 1.59. The fourth-order valence-electron chi connectivity index (χ4n) is 2.67. The molecule has 0 bridgehead atoms. The third-order valence-corrected chi connectivity index (χ3v) is 6.75. The highest BCUT2D eigenvalue weighted by Gasteiger charge is 2.15. The number of aromatic nitrogens is 1. The zero-order chi connectivity index (χ0) is 21.7. The summed E-state index contributed by atoms with van der Waals surface area (Å²) >= 11 is 3.49. The van der Waals surface area contributed by atoms with E-state index in [1.54, 1.807) is 18.2 Å². The Morgan fingerprint density at radius 3 is 2.33 bits per heavy atom. The van der Waals surface area contributed by atoms with Gasteiger partial charge in [-0.05, 0) is 73.5 Å². The number of rotatable bonds is 7. The van der Waals surface area contributed by atoms with Crippen molar-refractivity contribution in [3.8, 4) is 5.75 Å². The number of ether oxygens (including phenoxy) is 1. The molecule has 0 unspecified atom stereocenters. The van der Waals surface area contributed by atoms with Gasteiger partial charge in [-0.1, -0.05) is 22.0 Å². The van der Waals surface area contributed by atoms with Crippen LogP contribution in [0.25, 0.3) is 0 Å². The number of benzene rings is 2. The highest BCUT2D eigenvalue weighted by atomic mass is 79.9. The molecule has 2 aromatic carbocycles. The number of sulfonamides is 1. The van der Waals surface area contributed by atoms with Gasteiger partial charge in [0.15, 0.2) is 6.61 Å². The van der Waals surface area contributed by atoms with Crippen molar-refractivity contribution >= 4 is 43.4 Å². The smallest absolute Gasteiger partial charge is 0.263 e. The minimum Gasteiger partial charge on any atom is -0.484 e. The highest BCUT2D eigenvalue weighted by molar-refractivity contribution is 9.10. The first-order valence-corrected chi connectivity index (χ1v) is 11.3. The van der Waals surface area contributed by atoms with E-state index in [4.69, 9.17) is 4.74 Å². The lowest BCUT2D eigenvalue weighted by molar-refractivity contribution is -0.118. The molecule has 0 fully saturated rings. The Morgan fingerprint density at radius 2 is 1.73 bits per heavy atom. The van der Waals surface area contributed by atoms with E-state index in [1.807, 2.05) is 26.0 Å². The van der Waals surface area contributed by atoms with Crippen molar-refractivity contribution < 1.29 is 17.9 Å². The van der Waals surface area contributed by atoms with E-state index in [9.17, 15) is 13.2 Å². The predicted molar refractivity (Wildman–Crippen MR) is 119 cm³/mol. The molecule has 3 aromatic rings. The summed E-state index contributed by atoms with van der Waals surface area (Å²) in [6.07, 6.45) is 1.50. The van der Waals surface area contributed by atoms with E-state index in [0.717, 1.165) is 15.6 Å². The van der Waals surface area contributed by atoms with Crippen molar-refractivity contribution in [1.29, 1.82) is 0 Å². The zero-order valence-corrected chi connectivity index (χ0v) is 18.7. The lowest BCUT2D eigenvalue weighted by atomic mass is 10.1. The Kier molecular flexibility index (Phi) is 6.73. The van der Waals surface area contributed by atoms with Crippen molar-refractivity contribution in [1.82, 2.24) is 4.98 Å². The molecule has 30 heavy (non-hydrogen) atoms. The number of pyridine rings is 1. The first-order chi connectivity index (χ1) is 14.2. The van der Waals surface area contributed by atoms with E-state index < -0.39 is 10.0 Å². The molecule has 9 heteroatoms. The van der Waals surface area contributed by atoms with Crippen LogP contribution in [0.2, 0.25) is 0 Å². The molecule has 0 spiro atoms. The van der Waals surface area contributed by atoms with Crippen LogP contribution in [0.1, 0.15) is 11.1 Å². The molecule has 0 aliphatic carbocycles. The average Bonchev–Trinajstić information content (AvgIpc) is 2.71. The van der Waals surface area contributed by atoms with Crippen LogP contribution in [0.3, 0.4) is 0 Å². The second-order valence-electron chi connectivity index (χ2n) is 6.55. The molecule has 0 saturated carbocycles. The molecular formula is C21H20BrN3O4S. The molecule has 1 amide bonds. The first-order valence-electron chi connectivity index (χ1n) is 8.98. The molecule has 0 aliphatic heterocycles. The largest absolute Gasteiger partial charge is 0.484 e. The molecule has 0 radical (unpaired) electrons. The van der Waals surface area contributed by atoms with Gasteiger partial charge >= 0.3 is 0 Å². The summed E-state index contributed by atoms with van der Waals surface area (Å²) < 4.78 is 33.8. The van der Waals surface area contributed by atoms with Crippen LogP contribution in [0.15, 0.2) is 70.2 Å². The standard InChI is InChI=1S/C21H20BrN3O4S/c1-14-11-17(12-15(2)21(14)22)29-13-20(26)24-16-6-8-18(9-7-16)30(27,28)25-19-5-3-4-10-23-19/h3-12H,13H2,1-2H3,(H,23,25)(H,24,26). The van der Waals surface area contributed by atoms with Gasteiger partial charge in [-0.15, -0.1) is 0 Å². The van der Waals surface area contributed by atoms with Crippen molar-refractivity contribution in [3.63, 3.8) is 0 Å². The number of aryl methyl sites for hydroxylation is 2. The molecule has 2 N–H and O–H groups in total. The maximum atomic E-state index is 12.4. The fourth-order valence-corrected chi connectivity index (χ4v) is 3.91. The van der Waals surface area contributed by atoms with Gasteiger partial charge in [-0.2, -0.15) is 0 Å². The topological polar surface area (TPSA) is 97.4 Å². The van der Waals surface area contributed by atoms with Gasteiger partial charge in [0.2, 0.25) is 0 Å². The SMILES string of the molecule is Cc1cc(OCC(=O)Nc2ccc(S(=O)(=O)Nc3ccccn3)cc2)cc(C)c1Br. The van der Waals surface area contributed by atoms with E-state index >= 15 is 0 Å². The molecule has 0 atom stereocenters. The Hall–Kier alpha value is -2.91. The predicted octanol–water partition coefficient (Wildman–Crippen LogP) is 4.28. The normalized spacial score (nSPS) is 11.0. The number of nitrogens with zero attached hydrogens (tertiary/aromatic N) is 1. The minimum atomic E-state index is -3.77. The van der Waals surface area contributed by atoms with Gasteiger partial charge in [-0.25, -0.2) is 13.4 Å². The number of carbonyl (C=O) groups excluding carboxylic acids is 1. The van der Waals surface area contributed by atoms with Crippen molar-refractivity contribution in [2.24, 2.45) is 0 Å². The second-order valence-corrected chi connectivity index (χ2v) is 9.03. The van der Waals surface area contributed by atoms with Crippen LogP contribution >= 0.6 is 15.9 Å². The van der Waals surface area contributed by atoms with Gasteiger partial charge in [0.05, 0.1) is 4.90 Å². The highest BCUT2D eigenvalue weighted by Crippen LogP contribution is 2.26. The number of anilines is 2. The summed E-state index contributed by atoms with van der Waals surface area (Å²) in [5, 5.41) is 2.68. The summed E-state index contributed by atoms with van der Waals surface area (Å²) in [6.45, 7) is 3.73. The minimum absolute atomic E-state index is 0.0585. The lowest BCUT2D eigenvalue weighted by Crippen LogP contribution is -2.20. The van der Waals surface area contributed by atoms with Gasteiger partial charge in [-0.3, -0.25) is 9.52 Å². The van der Waals surface area contributed by atoms with Crippen molar-refractivity contribution in [2.75, 3.05) is 16.6 Å². The number of hydrogen-bond donors (Lipinski definition) is 2. The quantitative estimate of drug-likeness (QED) is 0.516. The fraction of sp³-hybridized carbons (Fsp3) is 0.143. The average molecular weight is 490 g/mol. The number of amides is 1. The lowest BCUT2D eigenvalue weighted by Gasteiger charge is -2.11. The van der Waals surface area contributed by atoms with E-state index in [0.29, 0.717) is 11.4 Å². The third-order valence-electron chi connectivity index (χ3n) is 4.13. The number of halogens is 1. The van der Waals surface area contributed by atoms with Gasteiger partial charge in [0.25, 0.3) is 15.9 Å². The number of hydrogen-bond acceptors (Lipinski definition) is 5. The van der Waals surface area contributed by atoms with E-state index in [1.165, 1.54) is 30.5 Å². The Labute approximate surface area is 183 Å². The van der Waals surface area contributed by atoms with E-state index in [2.05, 4.69) is 31.0 Å². The Bertz CT molecular complexity index is 1130. The second kappa shape index (κ2) is 9.27. The third kappa shape index (κ3) is 5.58. The summed E-state index contributed by atoms with van der Waals surface area (Å²) in [5.74, 6) is 0.478. The number of nitrogens with one attached hydrogen (secondary N) is 2. The van der Waals surface area contributed by atoms with Crippen LogP contribution in [0.5, 0.6) is 5.75 Å². The first kappa shape index (κ1) is 21.8. The molecule has 1 heterocycles. The molecule has 1 aromatic heterocycles. The van der Waals surface area contributed by atoms with Gasteiger partial charge in [0, 0.05) is 16.4 Å². The molecule has 7 nitrogen and oxygen atoms in total. The van der Waals surface area contributed by atoms with Crippen LogP contribution in [0, 0.1) is 13.8 Å². The maximum Gasteiger partial charge on any atom is 0.263 e. The summed E-state index contributed by atoms with van der Waals surface area (Å²) in [7, 11) is -3.77. The van der Waals surface area contributed by atoms with Crippen LogP contribution in [0.4, 0.5) is 11.5 Å².